The fraction of sp³-hybridized carbons (Fsp3) is 0.0556. The summed E-state index contributed by atoms with van der Waals surface area (Å²) in [6.07, 6.45) is 26.5. The lowest BCUT2D eigenvalue weighted by molar-refractivity contribution is 0.751. The van der Waals surface area contributed by atoms with Gasteiger partial charge in [0.25, 0.3) is 0 Å². The molecule has 2 unspecified atom stereocenters. The number of allylic oxidation sites excluding steroid dienone is 14. The van der Waals surface area contributed by atoms with Gasteiger partial charge in [-0.1, -0.05) is 213 Å². The van der Waals surface area contributed by atoms with Gasteiger partial charge in [0.1, 0.15) is 0 Å². The zero-order valence-corrected chi connectivity index (χ0v) is 42.1. The van der Waals surface area contributed by atoms with Crippen molar-refractivity contribution in [2.45, 2.75) is 24.8 Å². The molecule has 3 nitrogen and oxygen atoms in total. The molecule has 2 aliphatic carbocycles. The van der Waals surface area contributed by atoms with Crippen LogP contribution in [0.15, 0.2) is 344 Å². The molecule has 3 aliphatic rings. The summed E-state index contributed by atoms with van der Waals surface area (Å²) in [6, 6.07) is 79.6. The minimum atomic E-state index is 0.0237. The van der Waals surface area contributed by atoms with E-state index in [-0.39, 0.29) is 12.0 Å². The third kappa shape index (κ3) is 11.3. The first-order valence-corrected chi connectivity index (χ1v) is 25.9. The van der Waals surface area contributed by atoms with Gasteiger partial charge in [0, 0.05) is 46.8 Å². The fourth-order valence-electron chi connectivity index (χ4n) is 10.2. The summed E-state index contributed by atoms with van der Waals surface area (Å²) in [5, 5.41) is 3.87. The molecule has 1 aliphatic heterocycles. The van der Waals surface area contributed by atoms with Gasteiger partial charge in [-0.05, 0) is 164 Å². The number of para-hydroxylation sites is 1. The van der Waals surface area contributed by atoms with Crippen molar-refractivity contribution < 1.29 is 0 Å². The normalized spacial score (nSPS) is 18.9. The van der Waals surface area contributed by atoms with Gasteiger partial charge in [0.2, 0.25) is 0 Å². The highest BCUT2D eigenvalue weighted by Crippen LogP contribution is 2.39. The molecule has 0 radical (unpaired) electrons. The summed E-state index contributed by atoms with van der Waals surface area (Å²) in [5.74, 6) is 0.0552. The minimum absolute atomic E-state index is 0.0237. The van der Waals surface area contributed by atoms with Crippen LogP contribution in [0.3, 0.4) is 0 Å². The second-order valence-electron chi connectivity index (χ2n) is 19.2. The third-order valence-corrected chi connectivity index (χ3v) is 14.3. The van der Waals surface area contributed by atoms with E-state index in [0.717, 1.165) is 63.5 Å². The number of hydrogen-bond acceptors (Lipinski definition) is 3. The van der Waals surface area contributed by atoms with E-state index < -0.39 is 0 Å². The summed E-state index contributed by atoms with van der Waals surface area (Å²) in [5.41, 5.74) is 20.2. The predicted octanol–water partition coefficient (Wildman–Crippen LogP) is 18.7. The zero-order chi connectivity index (χ0) is 50.8. The Hall–Kier alpha value is -9.44. The molecule has 75 heavy (non-hydrogen) atoms. The van der Waals surface area contributed by atoms with Gasteiger partial charge in [-0.25, -0.2) is 0 Å². The average Bonchev–Trinajstić information content (AvgIpc) is 3.51. The van der Waals surface area contributed by atoms with Crippen LogP contribution < -0.4 is 15.1 Å². The molecule has 0 bridgehead atoms. The third-order valence-electron chi connectivity index (χ3n) is 14.3. The van der Waals surface area contributed by atoms with E-state index in [2.05, 4.69) is 320 Å². The van der Waals surface area contributed by atoms with E-state index in [0.29, 0.717) is 0 Å². The largest absolute Gasteiger partial charge is 0.378 e. The van der Waals surface area contributed by atoms with E-state index in [9.17, 15) is 0 Å². The Morgan fingerprint density at radius 3 is 1.44 bits per heavy atom. The fourth-order valence-corrected chi connectivity index (χ4v) is 10.2. The van der Waals surface area contributed by atoms with Crippen LogP contribution in [-0.2, 0) is 0 Å². The summed E-state index contributed by atoms with van der Waals surface area (Å²) in [7, 11) is 0. The number of anilines is 4. The van der Waals surface area contributed by atoms with Crippen molar-refractivity contribution in [2.24, 2.45) is 0 Å². The van der Waals surface area contributed by atoms with E-state index >= 15 is 0 Å². The first-order valence-electron chi connectivity index (χ1n) is 25.9. The molecule has 0 saturated carbocycles. The smallest absolute Gasteiger partial charge is 0.0551 e. The molecule has 2 atom stereocenters. The summed E-state index contributed by atoms with van der Waals surface area (Å²) < 4.78 is 0. The lowest BCUT2D eigenvalue weighted by Crippen LogP contribution is -2.26. The van der Waals surface area contributed by atoms with Crippen LogP contribution in [-0.4, -0.2) is 6.04 Å². The molecule has 11 rings (SSSR count). The second kappa shape index (κ2) is 22.5. The van der Waals surface area contributed by atoms with Crippen LogP contribution in [0.25, 0.3) is 33.4 Å². The molecule has 3 heteroatoms. The van der Waals surface area contributed by atoms with Gasteiger partial charge in [-0.3, -0.25) is 0 Å². The van der Waals surface area contributed by atoms with Crippen molar-refractivity contribution >= 4 is 22.7 Å². The van der Waals surface area contributed by atoms with Crippen molar-refractivity contribution in [2.75, 3.05) is 15.1 Å². The van der Waals surface area contributed by atoms with Crippen molar-refractivity contribution in [1.29, 1.82) is 0 Å². The van der Waals surface area contributed by atoms with Gasteiger partial charge in [-0.2, -0.15) is 0 Å². The highest BCUT2D eigenvalue weighted by molar-refractivity contribution is 5.74. The Bertz CT molecular complexity index is 3540. The number of benzene rings is 8. The molecule has 0 amide bonds. The topological polar surface area (TPSA) is 18.5 Å². The number of nitrogens with one attached hydrogen (secondary N) is 1. The molecule has 0 fully saturated rings. The Labute approximate surface area is 443 Å². The lowest BCUT2D eigenvalue weighted by Gasteiger charge is -2.30. The number of rotatable bonds is 12. The zero-order valence-electron chi connectivity index (χ0n) is 42.1. The molecule has 0 saturated heterocycles. The molecule has 8 aromatic carbocycles. The number of nitrogens with zero attached hydrogens (tertiary/aromatic N) is 2. The van der Waals surface area contributed by atoms with Crippen LogP contribution >= 0.6 is 0 Å². The molecule has 0 aromatic heterocycles. The van der Waals surface area contributed by atoms with Gasteiger partial charge < -0.3 is 15.1 Å². The second-order valence-corrected chi connectivity index (χ2v) is 19.2. The molecule has 1 N–H and O–H groups in total. The summed E-state index contributed by atoms with van der Waals surface area (Å²) >= 11 is 0. The summed E-state index contributed by atoms with van der Waals surface area (Å²) in [6.45, 7) is 9.30. The molecular weight excluding hydrogens is 907 g/mol. The lowest BCUT2D eigenvalue weighted by atomic mass is 9.83. The van der Waals surface area contributed by atoms with E-state index in [1.807, 2.05) is 0 Å². The molecule has 0 spiro atoms. The Kier molecular flexibility index (Phi) is 14.4. The van der Waals surface area contributed by atoms with Crippen LogP contribution in [0.1, 0.15) is 24.3 Å². The van der Waals surface area contributed by atoms with E-state index in [1.165, 1.54) is 50.2 Å². The van der Waals surface area contributed by atoms with Crippen molar-refractivity contribution in [3.05, 3.63) is 349 Å². The predicted molar refractivity (Wildman–Crippen MR) is 319 cm³/mol. The van der Waals surface area contributed by atoms with Gasteiger partial charge in [0.15, 0.2) is 0 Å². The van der Waals surface area contributed by atoms with Crippen LogP contribution in [0.2, 0.25) is 0 Å². The maximum absolute atomic E-state index is 4.65. The molecule has 362 valence electrons. The van der Waals surface area contributed by atoms with E-state index in [4.69, 9.17) is 0 Å². The van der Waals surface area contributed by atoms with Crippen molar-refractivity contribution in [3.63, 3.8) is 0 Å². The highest BCUT2D eigenvalue weighted by Gasteiger charge is 2.25. The molecular formula is C72H59N3. The van der Waals surface area contributed by atoms with Crippen LogP contribution in [0.5, 0.6) is 0 Å². The number of hydrogen-bond donors (Lipinski definition) is 1. The van der Waals surface area contributed by atoms with E-state index in [1.54, 1.807) is 0 Å². The molecule has 1 heterocycles. The maximum Gasteiger partial charge on any atom is 0.0551 e. The summed E-state index contributed by atoms with van der Waals surface area (Å²) in [4.78, 5) is 4.61. The van der Waals surface area contributed by atoms with Gasteiger partial charge >= 0.3 is 0 Å². The Morgan fingerprint density at radius 1 is 0.427 bits per heavy atom. The molecule has 8 aromatic rings. The first-order chi connectivity index (χ1) is 37.0. The Balaban J connectivity index is 0.931. The maximum atomic E-state index is 4.65. The SMILES string of the molecule is C=C1/C=C(C2=CC(c3ccccc3)C(Nc3ccc(-c4ccccc4)cc3)C=C2)\C=C/N(c2ccc(-c3ccccc3)cc2)/C=C\C(C2=CC=C(N(c3ccccc3)c3ccc(-c4ccccc4)cc3)CC2)=C/C1=C. The minimum Gasteiger partial charge on any atom is -0.378 e. The van der Waals surface area contributed by atoms with Crippen LogP contribution in [0, 0.1) is 0 Å². The quantitative estimate of drug-likeness (QED) is 0.132. The van der Waals surface area contributed by atoms with Gasteiger partial charge in [0.05, 0.1) is 6.04 Å². The van der Waals surface area contributed by atoms with Crippen LogP contribution in [0.4, 0.5) is 22.7 Å². The standard InChI is InChI=1S/C72H59N3/c1-53-50-64(61-34-43-70(44-35-61)75(68-26-16-7-17-27-68)69-41-32-60(33-42-69)57-22-12-5-13-23-57)46-48-74(67-39-30-59(31-40-67)56-20-10-4-11-21-56)49-47-65(51-54(53)2)63-36-45-72(71(52-63)62-24-14-6-15-25-62)73-66-37-28-58(29-38-66)55-18-8-3-9-19-55/h3-34,36-43,45-52,71-73H,1-2,35,44H2/b48-46-,49-47-,64-50+,65-51+. The Morgan fingerprint density at radius 2 is 0.893 bits per heavy atom. The monoisotopic (exact) mass is 965 g/mol. The van der Waals surface area contributed by atoms with Crippen molar-refractivity contribution in [3.8, 4) is 33.4 Å². The highest BCUT2D eigenvalue weighted by atomic mass is 15.1. The average molecular weight is 966 g/mol. The first kappa shape index (κ1) is 47.9. The van der Waals surface area contributed by atoms with Gasteiger partial charge in [-0.15, -0.1) is 0 Å². The van der Waals surface area contributed by atoms with Crippen molar-refractivity contribution in [1.82, 2.24) is 0 Å².